The highest BCUT2D eigenvalue weighted by molar-refractivity contribution is 5.94. The van der Waals surface area contributed by atoms with Gasteiger partial charge in [0, 0.05) is 18.7 Å². The van der Waals surface area contributed by atoms with Crippen LogP contribution in [0.25, 0.3) is 0 Å². The molecule has 0 amide bonds. The molecule has 2 aromatic rings. The summed E-state index contributed by atoms with van der Waals surface area (Å²) in [5.41, 5.74) is 1.68. The van der Waals surface area contributed by atoms with E-state index in [1.54, 1.807) is 24.3 Å². The van der Waals surface area contributed by atoms with E-state index < -0.39 is 6.10 Å². The van der Waals surface area contributed by atoms with Crippen molar-refractivity contribution in [1.82, 2.24) is 4.90 Å². The number of carbonyl (C=O) groups is 1. The highest BCUT2D eigenvalue weighted by Crippen LogP contribution is 2.32. The van der Waals surface area contributed by atoms with Crippen LogP contribution in [0.4, 0.5) is 0 Å². The molecular weight excluding hydrogens is 334 g/mol. The number of nitrogens with zero attached hydrogens (tertiary/aromatic N) is 1. The Morgan fingerprint density at radius 1 is 1.23 bits per heavy atom. The number of carbonyl (C=O) groups excluding carboxylic acids is 1. The first-order chi connectivity index (χ1) is 12.5. The van der Waals surface area contributed by atoms with E-state index in [1.807, 2.05) is 30.1 Å². The van der Waals surface area contributed by atoms with Gasteiger partial charge in [0.25, 0.3) is 0 Å². The fourth-order valence-corrected chi connectivity index (χ4v) is 2.83. The quantitative estimate of drug-likeness (QED) is 0.732. The lowest BCUT2D eigenvalue weighted by Gasteiger charge is -2.21. The fraction of sp³-hybridized carbons (Fsp3) is 0.350. The molecule has 6 heteroatoms. The lowest BCUT2D eigenvalue weighted by atomic mass is 10.1. The molecule has 0 bridgehead atoms. The Bertz CT molecular complexity index is 777. The van der Waals surface area contributed by atoms with E-state index in [-0.39, 0.29) is 19.2 Å². The van der Waals surface area contributed by atoms with E-state index in [2.05, 4.69) is 0 Å². The predicted octanol–water partition coefficient (Wildman–Crippen LogP) is 2.49. The average Bonchev–Trinajstić information content (AvgIpc) is 3.08. The van der Waals surface area contributed by atoms with Crippen LogP contribution in [-0.4, -0.2) is 48.9 Å². The van der Waals surface area contributed by atoms with Crippen LogP contribution in [0, 0.1) is 0 Å². The summed E-state index contributed by atoms with van der Waals surface area (Å²) >= 11 is 0. The van der Waals surface area contributed by atoms with Crippen LogP contribution < -0.4 is 14.2 Å². The smallest absolute Gasteiger partial charge is 0.231 e. The molecule has 138 valence electrons. The summed E-state index contributed by atoms with van der Waals surface area (Å²) in [6.45, 7) is 3.07. The Morgan fingerprint density at radius 3 is 2.85 bits per heavy atom. The van der Waals surface area contributed by atoms with Gasteiger partial charge < -0.3 is 19.3 Å². The van der Waals surface area contributed by atoms with Gasteiger partial charge in [-0.2, -0.15) is 0 Å². The van der Waals surface area contributed by atoms with Crippen LogP contribution in [0.5, 0.6) is 17.2 Å². The van der Waals surface area contributed by atoms with Gasteiger partial charge in [0.1, 0.15) is 18.5 Å². The van der Waals surface area contributed by atoms with Gasteiger partial charge in [0.05, 0.1) is 0 Å². The molecule has 1 atom stereocenters. The van der Waals surface area contributed by atoms with Crippen molar-refractivity contribution in [2.75, 3.05) is 27.0 Å². The first-order valence-electron chi connectivity index (χ1n) is 8.50. The summed E-state index contributed by atoms with van der Waals surface area (Å²) in [5, 5.41) is 10.2. The topological polar surface area (TPSA) is 68.2 Å². The number of rotatable bonds is 8. The van der Waals surface area contributed by atoms with Crippen LogP contribution in [0.15, 0.2) is 42.5 Å². The molecule has 1 aliphatic rings. The van der Waals surface area contributed by atoms with E-state index in [0.717, 1.165) is 17.1 Å². The van der Waals surface area contributed by atoms with Gasteiger partial charge in [0.15, 0.2) is 17.3 Å². The van der Waals surface area contributed by atoms with Crippen molar-refractivity contribution in [3.05, 3.63) is 53.6 Å². The molecular formula is C20H23NO5. The standard InChI is InChI=1S/C20H23NO5/c1-14(22)16-4-3-5-18(9-16)24-12-17(23)11-21(2)10-15-6-7-19-20(8-15)26-13-25-19/h3-9,17,23H,10-13H2,1-2H3/t17-/m1/s1. The molecule has 0 aliphatic carbocycles. The number of ketones is 1. The minimum absolute atomic E-state index is 0.0144. The molecule has 0 spiro atoms. The zero-order valence-electron chi connectivity index (χ0n) is 15.0. The largest absolute Gasteiger partial charge is 0.491 e. The minimum Gasteiger partial charge on any atom is -0.491 e. The fourth-order valence-electron chi connectivity index (χ4n) is 2.83. The first kappa shape index (κ1) is 18.2. The van der Waals surface area contributed by atoms with Crippen molar-refractivity contribution >= 4 is 5.78 Å². The number of aliphatic hydroxyl groups is 1. The van der Waals surface area contributed by atoms with Gasteiger partial charge in [-0.05, 0) is 43.8 Å². The van der Waals surface area contributed by atoms with E-state index in [4.69, 9.17) is 14.2 Å². The maximum Gasteiger partial charge on any atom is 0.231 e. The Hall–Kier alpha value is -2.57. The third-order valence-electron chi connectivity index (χ3n) is 4.09. The molecule has 0 saturated carbocycles. The molecule has 3 rings (SSSR count). The van der Waals surface area contributed by atoms with E-state index >= 15 is 0 Å². The molecule has 1 N–H and O–H groups in total. The maximum atomic E-state index is 11.4. The van der Waals surface area contributed by atoms with Gasteiger partial charge >= 0.3 is 0 Å². The summed E-state index contributed by atoms with van der Waals surface area (Å²) in [6.07, 6.45) is -0.644. The number of hydrogen-bond donors (Lipinski definition) is 1. The second-order valence-electron chi connectivity index (χ2n) is 6.43. The number of ether oxygens (including phenoxy) is 3. The van der Waals surface area contributed by atoms with Crippen LogP contribution in [0.2, 0.25) is 0 Å². The molecule has 1 aliphatic heterocycles. The molecule has 26 heavy (non-hydrogen) atoms. The molecule has 0 unspecified atom stereocenters. The number of benzene rings is 2. The molecule has 0 radical (unpaired) electrons. The monoisotopic (exact) mass is 357 g/mol. The van der Waals surface area contributed by atoms with Gasteiger partial charge in [-0.1, -0.05) is 18.2 Å². The van der Waals surface area contributed by atoms with E-state index in [1.165, 1.54) is 6.92 Å². The number of hydrogen-bond acceptors (Lipinski definition) is 6. The predicted molar refractivity (Wildman–Crippen MR) is 96.8 cm³/mol. The number of fused-ring (bicyclic) bond motifs is 1. The zero-order valence-corrected chi connectivity index (χ0v) is 15.0. The first-order valence-corrected chi connectivity index (χ1v) is 8.50. The number of aliphatic hydroxyl groups excluding tert-OH is 1. The average molecular weight is 357 g/mol. The Kier molecular flexibility index (Phi) is 5.75. The summed E-state index contributed by atoms with van der Waals surface area (Å²) in [6, 6.07) is 12.8. The molecule has 0 fully saturated rings. The highest BCUT2D eigenvalue weighted by atomic mass is 16.7. The second-order valence-corrected chi connectivity index (χ2v) is 6.43. The lowest BCUT2D eigenvalue weighted by molar-refractivity contribution is 0.0743. The van der Waals surface area contributed by atoms with Crippen molar-refractivity contribution in [2.45, 2.75) is 19.6 Å². The molecule has 6 nitrogen and oxygen atoms in total. The van der Waals surface area contributed by atoms with Crippen LogP contribution in [-0.2, 0) is 6.54 Å². The van der Waals surface area contributed by atoms with Crippen LogP contribution >= 0.6 is 0 Å². The summed E-state index contributed by atoms with van der Waals surface area (Å²) < 4.78 is 16.3. The van der Waals surface area contributed by atoms with E-state index in [0.29, 0.717) is 24.4 Å². The molecule has 1 heterocycles. The number of likely N-dealkylation sites (N-methyl/N-ethyl adjacent to an activating group) is 1. The van der Waals surface area contributed by atoms with Crippen molar-refractivity contribution < 1.29 is 24.1 Å². The third-order valence-corrected chi connectivity index (χ3v) is 4.09. The summed E-state index contributed by atoms with van der Waals surface area (Å²) in [7, 11) is 1.93. The van der Waals surface area contributed by atoms with Crippen molar-refractivity contribution in [1.29, 1.82) is 0 Å². The van der Waals surface area contributed by atoms with Crippen LogP contribution in [0.3, 0.4) is 0 Å². The van der Waals surface area contributed by atoms with Gasteiger partial charge in [-0.25, -0.2) is 0 Å². The van der Waals surface area contributed by atoms with E-state index in [9.17, 15) is 9.90 Å². The maximum absolute atomic E-state index is 11.4. The minimum atomic E-state index is -0.644. The SMILES string of the molecule is CC(=O)c1cccc(OC[C@H](O)CN(C)Cc2ccc3c(c2)OCO3)c1. The Labute approximate surface area is 152 Å². The van der Waals surface area contributed by atoms with Crippen LogP contribution in [0.1, 0.15) is 22.8 Å². The molecule has 0 saturated heterocycles. The Morgan fingerprint density at radius 2 is 2.04 bits per heavy atom. The second kappa shape index (κ2) is 8.21. The Balaban J connectivity index is 1.47. The molecule has 2 aromatic carbocycles. The third kappa shape index (κ3) is 4.74. The molecule has 0 aromatic heterocycles. The van der Waals surface area contributed by atoms with Gasteiger partial charge in [0.2, 0.25) is 6.79 Å². The van der Waals surface area contributed by atoms with Crippen molar-refractivity contribution in [3.8, 4) is 17.2 Å². The van der Waals surface area contributed by atoms with Gasteiger partial charge in [-0.15, -0.1) is 0 Å². The van der Waals surface area contributed by atoms with Crippen molar-refractivity contribution in [3.63, 3.8) is 0 Å². The van der Waals surface area contributed by atoms with Crippen molar-refractivity contribution in [2.24, 2.45) is 0 Å². The normalized spacial score (nSPS) is 13.7. The lowest BCUT2D eigenvalue weighted by Crippen LogP contribution is -2.32. The highest BCUT2D eigenvalue weighted by Gasteiger charge is 2.15. The zero-order chi connectivity index (χ0) is 18.5. The summed E-state index contributed by atoms with van der Waals surface area (Å²) in [4.78, 5) is 13.4. The van der Waals surface area contributed by atoms with Gasteiger partial charge in [-0.3, -0.25) is 9.69 Å². The number of Topliss-reactive ketones (excluding diaryl/α,β-unsaturated/α-hetero) is 1. The summed E-state index contributed by atoms with van der Waals surface area (Å²) in [5.74, 6) is 2.08.